The molecule has 0 fully saturated rings. The van der Waals surface area contributed by atoms with Gasteiger partial charge in [0.15, 0.2) is 0 Å². The Labute approximate surface area is 159 Å². The molecule has 27 heavy (non-hydrogen) atoms. The minimum atomic E-state index is -3.70. The molecule has 1 aromatic carbocycles. The van der Waals surface area contributed by atoms with Crippen LogP contribution >= 0.6 is 0 Å². The minimum Gasteiger partial charge on any atom is -0.369 e. The third-order valence-electron chi connectivity index (χ3n) is 3.72. The Hall–Kier alpha value is -2.56. The Bertz CT molecular complexity index is 868. The molecule has 0 aliphatic carbocycles. The summed E-state index contributed by atoms with van der Waals surface area (Å²) < 4.78 is 22.5. The molecule has 0 atom stereocenters. The largest absolute Gasteiger partial charge is 0.369 e. The number of hydrogen-bond donors (Lipinski definition) is 3. The molecule has 146 valence electrons. The lowest BCUT2D eigenvalue weighted by Gasteiger charge is -2.11. The molecule has 0 aliphatic heterocycles. The maximum atomic E-state index is 12.2. The smallest absolute Gasteiger partial charge is 0.270 e. The number of benzene rings is 1. The van der Waals surface area contributed by atoms with E-state index in [-0.39, 0.29) is 16.5 Å². The third-order valence-corrected chi connectivity index (χ3v) is 4.65. The van der Waals surface area contributed by atoms with Gasteiger partial charge in [-0.15, -0.1) is 0 Å². The van der Waals surface area contributed by atoms with Crippen LogP contribution in [0.2, 0.25) is 0 Å². The van der Waals surface area contributed by atoms with E-state index in [0.29, 0.717) is 25.3 Å². The Morgan fingerprint density at radius 2 is 1.85 bits per heavy atom. The predicted molar refractivity (Wildman–Crippen MR) is 103 cm³/mol. The molecule has 2 aromatic rings. The van der Waals surface area contributed by atoms with Crippen LogP contribution in [0, 0.1) is 0 Å². The molecule has 10 heteroatoms. The number of anilines is 1. The van der Waals surface area contributed by atoms with Crippen LogP contribution in [0.15, 0.2) is 41.6 Å². The fourth-order valence-corrected chi connectivity index (χ4v) is 2.76. The van der Waals surface area contributed by atoms with Gasteiger partial charge in [-0.25, -0.2) is 23.5 Å². The SMILES string of the molecule is CN(C)CCNc1cc(C(=O)NCCc2ccc(S(N)(=O)=O)cc2)ncn1. The van der Waals surface area contributed by atoms with Gasteiger partial charge in [0.1, 0.15) is 17.8 Å². The molecule has 1 amide bonds. The number of carbonyl (C=O) groups is 1. The van der Waals surface area contributed by atoms with Crippen molar-refractivity contribution in [1.82, 2.24) is 20.2 Å². The summed E-state index contributed by atoms with van der Waals surface area (Å²) in [7, 11) is 0.253. The normalized spacial score (nSPS) is 11.4. The van der Waals surface area contributed by atoms with Crippen LogP contribution in [0.4, 0.5) is 5.82 Å². The number of nitrogens with one attached hydrogen (secondary N) is 2. The summed E-state index contributed by atoms with van der Waals surface area (Å²) in [5.41, 5.74) is 1.17. The number of sulfonamides is 1. The average molecular weight is 392 g/mol. The first kappa shape index (κ1) is 20.7. The summed E-state index contributed by atoms with van der Waals surface area (Å²) in [5, 5.41) is 11.0. The van der Waals surface area contributed by atoms with E-state index in [1.54, 1.807) is 18.2 Å². The molecule has 0 saturated carbocycles. The predicted octanol–water partition coefficient (Wildman–Crippen LogP) is 0.0700. The molecule has 0 aliphatic rings. The molecular formula is C17H24N6O3S. The van der Waals surface area contributed by atoms with E-state index < -0.39 is 10.0 Å². The number of rotatable bonds is 9. The maximum absolute atomic E-state index is 12.2. The molecule has 0 radical (unpaired) electrons. The number of hydrogen-bond acceptors (Lipinski definition) is 7. The van der Waals surface area contributed by atoms with Crippen molar-refractivity contribution in [3.8, 4) is 0 Å². The van der Waals surface area contributed by atoms with E-state index in [4.69, 9.17) is 5.14 Å². The van der Waals surface area contributed by atoms with Crippen molar-refractivity contribution in [2.45, 2.75) is 11.3 Å². The number of primary sulfonamides is 1. The number of aromatic nitrogens is 2. The van der Waals surface area contributed by atoms with E-state index in [0.717, 1.165) is 12.1 Å². The number of carbonyl (C=O) groups excluding carboxylic acids is 1. The summed E-state index contributed by atoms with van der Waals surface area (Å²) >= 11 is 0. The van der Waals surface area contributed by atoms with E-state index in [2.05, 4.69) is 20.6 Å². The molecule has 1 heterocycles. The fraction of sp³-hybridized carbons (Fsp3) is 0.353. The van der Waals surface area contributed by atoms with Crippen molar-refractivity contribution in [3.63, 3.8) is 0 Å². The molecular weight excluding hydrogens is 368 g/mol. The highest BCUT2D eigenvalue weighted by Crippen LogP contribution is 2.09. The maximum Gasteiger partial charge on any atom is 0.270 e. The van der Waals surface area contributed by atoms with Gasteiger partial charge in [-0.3, -0.25) is 4.79 Å². The minimum absolute atomic E-state index is 0.0607. The summed E-state index contributed by atoms with van der Waals surface area (Å²) in [6.07, 6.45) is 1.90. The number of nitrogens with zero attached hydrogens (tertiary/aromatic N) is 3. The standard InChI is InChI=1S/C17H24N6O3S/c1-23(2)10-9-19-16-11-15(21-12-22-16)17(24)20-8-7-13-3-5-14(6-4-13)27(18,25)26/h3-6,11-12H,7-10H2,1-2H3,(H,20,24)(H2,18,25,26)(H,19,21,22). The lowest BCUT2D eigenvalue weighted by Crippen LogP contribution is -2.27. The highest BCUT2D eigenvalue weighted by atomic mass is 32.2. The van der Waals surface area contributed by atoms with Crippen LogP contribution in [-0.4, -0.2) is 62.9 Å². The zero-order chi connectivity index (χ0) is 19.9. The van der Waals surface area contributed by atoms with Gasteiger partial charge in [-0.1, -0.05) is 12.1 Å². The monoisotopic (exact) mass is 392 g/mol. The highest BCUT2D eigenvalue weighted by Gasteiger charge is 2.09. The fourth-order valence-electron chi connectivity index (χ4n) is 2.24. The van der Waals surface area contributed by atoms with Gasteiger partial charge in [0.2, 0.25) is 10.0 Å². The van der Waals surface area contributed by atoms with Crippen LogP contribution in [-0.2, 0) is 16.4 Å². The van der Waals surface area contributed by atoms with Crippen LogP contribution in [0.3, 0.4) is 0 Å². The molecule has 0 spiro atoms. The van der Waals surface area contributed by atoms with Crippen LogP contribution < -0.4 is 15.8 Å². The van der Waals surface area contributed by atoms with E-state index in [1.165, 1.54) is 18.5 Å². The highest BCUT2D eigenvalue weighted by molar-refractivity contribution is 7.89. The second kappa shape index (κ2) is 9.40. The number of nitrogens with two attached hydrogens (primary N) is 1. The Balaban J connectivity index is 1.85. The molecule has 9 nitrogen and oxygen atoms in total. The topological polar surface area (TPSA) is 130 Å². The number of amides is 1. The Morgan fingerprint density at radius 1 is 1.15 bits per heavy atom. The quantitative estimate of drug-likeness (QED) is 0.550. The first-order chi connectivity index (χ1) is 12.8. The van der Waals surface area contributed by atoms with E-state index in [9.17, 15) is 13.2 Å². The van der Waals surface area contributed by atoms with Gasteiger partial charge in [-0.2, -0.15) is 0 Å². The summed E-state index contributed by atoms with van der Waals surface area (Å²) in [6, 6.07) is 7.84. The second-order valence-electron chi connectivity index (χ2n) is 6.21. The van der Waals surface area contributed by atoms with Gasteiger partial charge in [0.05, 0.1) is 4.90 Å². The van der Waals surface area contributed by atoms with Crippen LogP contribution in [0.5, 0.6) is 0 Å². The Kier molecular flexibility index (Phi) is 7.22. The molecule has 0 unspecified atom stereocenters. The van der Waals surface area contributed by atoms with Gasteiger partial charge in [0, 0.05) is 25.7 Å². The van der Waals surface area contributed by atoms with Crippen LogP contribution in [0.25, 0.3) is 0 Å². The summed E-state index contributed by atoms with van der Waals surface area (Å²) in [5.74, 6) is 0.296. The van der Waals surface area contributed by atoms with Crippen molar-refractivity contribution >= 4 is 21.7 Å². The van der Waals surface area contributed by atoms with Crippen molar-refractivity contribution in [3.05, 3.63) is 47.9 Å². The van der Waals surface area contributed by atoms with Gasteiger partial charge in [0.25, 0.3) is 5.91 Å². The zero-order valence-electron chi connectivity index (χ0n) is 15.3. The zero-order valence-corrected chi connectivity index (χ0v) is 16.2. The molecule has 1 aromatic heterocycles. The lowest BCUT2D eigenvalue weighted by molar-refractivity contribution is 0.0949. The third kappa shape index (κ3) is 6.93. The first-order valence-electron chi connectivity index (χ1n) is 8.36. The summed E-state index contributed by atoms with van der Waals surface area (Å²) in [4.78, 5) is 22.4. The van der Waals surface area contributed by atoms with Crippen LogP contribution in [0.1, 0.15) is 16.1 Å². The second-order valence-corrected chi connectivity index (χ2v) is 7.77. The first-order valence-corrected chi connectivity index (χ1v) is 9.91. The molecule has 2 rings (SSSR count). The van der Waals surface area contributed by atoms with Gasteiger partial charge >= 0.3 is 0 Å². The summed E-state index contributed by atoms with van der Waals surface area (Å²) in [6.45, 7) is 1.94. The lowest BCUT2D eigenvalue weighted by atomic mass is 10.1. The molecule has 0 saturated heterocycles. The van der Waals surface area contributed by atoms with Gasteiger partial charge < -0.3 is 15.5 Å². The van der Waals surface area contributed by atoms with E-state index >= 15 is 0 Å². The van der Waals surface area contributed by atoms with Crippen molar-refractivity contribution in [2.75, 3.05) is 39.0 Å². The average Bonchev–Trinajstić information content (AvgIpc) is 2.61. The van der Waals surface area contributed by atoms with E-state index in [1.807, 2.05) is 19.0 Å². The number of likely N-dealkylation sites (N-methyl/N-ethyl adjacent to an activating group) is 1. The van der Waals surface area contributed by atoms with Gasteiger partial charge in [-0.05, 0) is 38.2 Å². The Morgan fingerprint density at radius 3 is 2.48 bits per heavy atom. The van der Waals surface area contributed by atoms with Crippen molar-refractivity contribution < 1.29 is 13.2 Å². The molecule has 0 bridgehead atoms. The van der Waals surface area contributed by atoms with Crippen molar-refractivity contribution in [2.24, 2.45) is 5.14 Å². The molecule has 4 N–H and O–H groups in total. The van der Waals surface area contributed by atoms with Crippen molar-refractivity contribution in [1.29, 1.82) is 0 Å².